The van der Waals surface area contributed by atoms with Gasteiger partial charge in [0, 0.05) is 11.8 Å². The van der Waals surface area contributed by atoms with Crippen LogP contribution in [0.1, 0.15) is 16.7 Å². The average Bonchev–Trinajstić information content (AvgIpc) is 2.71. The van der Waals surface area contributed by atoms with Crippen LogP contribution in [0, 0.1) is 32.4 Å². The van der Waals surface area contributed by atoms with Gasteiger partial charge in [0.1, 0.15) is 6.54 Å². The lowest BCUT2D eigenvalue weighted by molar-refractivity contribution is -0.114. The summed E-state index contributed by atoms with van der Waals surface area (Å²) >= 11 is 0. The molecular formula is C23H22F2N2O3S. The van der Waals surface area contributed by atoms with Crippen LogP contribution in [0.2, 0.25) is 0 Å². The van der Waals surface area contributed by atoms with Gasteiger partial charge in [-0.15, -0.1) is 0 Å². The van der Waals surface area contributed by atoms with Crippen LogP contribution in [0.3, 0.4) is 0 Å². The summed E-state index contributed by atoms with van der Waals surface area (Å²) in [7, 11) is -4.06. The molecule has 0 radical (unpaired) electrons. The number of nitrogens with one attached hydrogen (secondary N) is 1. The van der Waals surface area contributed by atoms with Gasteiger partial charge in [-0.3, -0.25) is 9.10 Å². The van der Waals surface area contributed by atoms with E-state index in [4.69, 9.17) is 0 Å². The first-order valence-electron chi connectivity index (χ1n) is 9.49. The lowest BCUT2D eigenvalue weighted by Gasteiger charge is -2.25. The van der Waals surface area contributed by atoms with E-state index in [-0.39, 0.29) is 10.6 Å². The van der Waals surface area contributed by atoms with Crippen molar-refractivity contribution in [2.75, 3.05) is 16.2 Å². The second-order valence-corrected chi connectivity index (χ2v) is 9.13. The van der Waals surface area contributed by atoms with Crippen LogP contribution in [0.25, 0.3) is 0 Å². The van der Waals surface area contributed by atoms with Gasteiger partial charge in [0.05, 0.1) is 10.6 Å². The van der Waals surface area contributed by atoms with Gasteiger partial charge in [-0.2, -0.15) is 0 Å². The molecule has 0 bridgehead atoms. The molecule has 0 aliphatic rings. The summed E-state index contributed by atoms with van der Waals surface area (Å²) in [6.45, 7) is 5.04. The third kappa shape index (κ3) is 5.08. The van der Waals surface area contributed by atoms with Crippen molar-refractivity contribution in [2.45, 2.75) is 25.7 Å². The Morgan fingerprint density at radius 3 is 2.16 bits per heavy atom. The van der Waals surface area contributed by atoms with E-state index >= 15 is 0 Å². The number of benzene rings is 3. The molecule has 0 atom stereocenters. The number of carbonyl (C=O) groups is 1. The fourth-order valence-corrected chi connectivity index (χ4v) is 4.35. The molecule has 0 saturated carbocycles. The van der Waals surface area contributed by atoms with E-state index in [1.165, 1.54) is 18.2 Å². The minimum Gasteiger partial charge on any atom is -0.324 e. The molecule has 31 heavy (non-hydrogen) atoms. The van der Waals surface area contributed by atoms with Crippen molar-refractivity contribution < 1.29 is 22.0 Å². The van der Waals surface area contributed by atoms with Gasteiger partial charge < -0.3 is 5.32 Å². The van der Waals surface area contributed by atoms with Gasteiger partial charge in [-0.05, 0) is 68.3 Å². The van der Waals surface area contributed by atoms with Crippen molar-refractivity contribution in [2.24, 2.45) is 0 Å². The third-order valence-electron chi connectivity index (χ3n) is 4.88. The van der Waals surface area contributed by atoms with Gasteiger partial charge in [0.15, 0.2) is 11.6 Å². The molecule has 0 fully saturated rings. The van der Waals surface area contributed by atoms with Crippen LogP contribution in [0.4, 0.5) is 20.2 Å². The topological polar surface area (TPSA) is 66.5 Å². The molecule has 0 aromatic heterocycles. The van der Waals surface area contributed by atoms with Gasteiger partial charge >= 0.3 is 0 Å². The zero-order valence-corrected chi connectivity index (χ0v) is 18.1. The third-order valence-corrected chi connectivity index (χ3v) is 6.67. The van der Waals surface area contributed by atoms with Crippen LogP contribution < -0.4 is 9.62 Å². The van der Waals surface area contributed by atoms with Crippen molar-refractivity contribution >= 4 is 27.3 Å². The van der Waals surface area contributed by atoms with Crippen LogP contribution >= 0.6 is 0 Å². The van der Waals surface area contributed by atoms with Crippen molar-refractivity contribution in [1.82, 2.24) is 0 Å². The van der Waals surface area contributed by atoms with E-state index in [1.807, 2.05) is 20.8 Å². The van der Waals surface area contributed by atoms with Crippen LogP contribution in [0.15, 0.2) is 65.6 Å². The molecule has 0 saturated heterocycles. The number of nitrogens with zero attached hydrogens (tertiary/aromatic N) is 1. The summed E-state index contributed by atoms with van der Waals surface area (Å²) in [6.07, 6.45) is 0. The number of carbonyl (C=O) groups excluding carboxylic acids is 1. The lowest BCUT2D eigenvalue weighted by Crippen LogP contribution is -2.38. The zero-order valence-electron chi connectivity index (χ0n) is 17.3. The Morgan fingerprint density at radius 2 is 1.55 bits per heavy atom. The van der Waals surface area contributed by atoms with Crippen molar-refractivity contribution in [3.8, 4) is 0 Å². The summed E-state index contributed by atoms with van der Waals surface area (Å²) < 4.78 is 54.3. The number of hydrogen-bond acceptors (Lipinski definition) is 3. The molecule has 0 spiro atoms. The van der Waals surface area contributed by atoms with E-state index in [2.05, 4.69) is 5.32 Å². The maximum Gasteiger partial charge on any atom is 0.264 e. The van der Waals surface area contributed by atoms with Crippen LogP contribution in [-0.4, -0.2) is 20.9 Å². The van der Waals surface area contributed by atoms with Gasteiger partial charge in [-0.1, -0.05) is 23.8 Å². The molecule has 1 amide bonds. The summed E-state index contributed by atoms with van der Waals surface area (Å²) in [5.74, 6) is -2.85. The van der Waals surface area contributed by atoms with E-state index in [0.29, 0.717) is 5.69 Å². The number of amides is 1. The first kappa shape index (κ1) is 22.4. The maximum absolute atomic E-state index is 13.4. The molecule has 162 valence electrons. The zero-order chi connectivity index (χ0) is 22.8. The highest BCUT2D eigenvalue weighted by molar-refractivity contribution is 7.92. The molecule has 3 rings (SSSR count). The highest BCUT2D eigenvalue weighted by Crippen LogP contribution is 2.26. The molecule has 0 aliphatic heterocycles. The number of sulfonamides is 1. The fourth-order valence-electron chi connectivity index (χ4n) is 2.94. The van der Waals surface area contributed by atoms with Crippen molar-refractivity contribution in [1.29, 1.82) is 0 Å². The van der Waals surface area contributed by atoms with Crippen LogP contribution in [0.5, 0.6) is 0 Å². The smallest absolute Gasteiger partial charge is 0.264 e. The Bertz CT molecular complexity index is 1230. The highest BCUT2D eigenvalue weighted by Gasteiger charge is 2.27. The predicted octanol–water partition coefficient (Wildman–Crippen LogP) is 4.72. The fraction of sp³-hybridized carbons (Fsp3) is 0.174. The number of rotatable bonds is 6. The Labute approximate surface area is 180 Å². The first-order chi connectivity index (χ1) is 14.6. The number of halogens is 2. The number of aryl methyl sites for hydroxylation is 3. The second-order valence-electron chi connectivity index (χ2n) is 7.27. The molecule has 3 aromatic rings. The summed E-state index contributed by atoms with van der Waals surface area (Å²) in [5, 5.41) is 2.42. The van der Waals surface area contributed by atoms with Gasteiger partial charge in [0.2, 0.25) is 5.91 Å². The molecule has 1 N–H and O–H groups in total. The van der Waals surface area contributed by atoms with Crippen LogP contribution in [-0.2, 0) is 14.8 Å². The monoisotopic (exact) mass is 444 g/mol. The molecule has 0 aliphatic carbocycles. The predicted molar refractivity (Wildman–Crippen MR) is 117 cm³/mol. The Kier molecular flexibility index (Phi) is 6.40. The molecule has 5 nitrogen and oxygen atoms in total. The average molecular weight is 445 g/mol. The molecule has 0 unspecified atom stereocenters. The second kappa shape index (κ2) is 8.85. The summed E-state index contributed by atoms with van der Waals surface area (Å²) in [5.41, 5.74) is 3.08. The number of anilines is 2. The Balaban J connectivity index is 1.97. The Morgan fingerprint density at radius 1 is 0.871 bits per heavy atom. The van der Waals surface area contributed by atoms with E-state index in [9.17, 15) is 22.0 Å². The van der Waals surface area contributed by atoms with E-state index in [0.717, 1.165) is 33.1 Å². The molecule has 3 aromatic carbocycles. The van der Waals surface area contributed by atoms with Crippen molar-refractivity contribution in [3.05, 3.63) is 89.0 Å². The van der Waals surface area contributed by atoms with E-state index in [1.54, 1.807) is 30.3 Å². The summed E-state index contributed by atoms with van der Waals surface area (Å²) in [6, 6.07) is 14.3. The molecular weight excluding hydrogens is 422 g/mol. The number of hydrogen-bond donors (Lipinski definition) is 1. The normalized spacial score (nSPS) is 11.3. The Hall–Kier alpha value is -3.26. The highest BCUT2D eigenvalue weighted by atomic mass is 32.2. The first-order valence-corrected chi connectivity index (χ1v) is 10.9. The maximum atomic E-state index is 13.4. The molecule has 8 heteroatoms. The van der Waals surface area contributed by atoms with E-state index < -0.39 is 34.1 Å². The quantitative estimate of drug-likeness (QED) is 0.598. The molecule has 0 heterocycles. The van der Waals surface area contributed by atoms with Gasteiger partial charge in [0.25, 0.3) is 10.0 Å². The minimum atomic E-state index is -4.06. The van der Waals surface area contributed by atoms with Gasteiger partial charge in [-0.25, -0.2) is 17.2 Å². The van der Waals surface area contributed by atoms with Crippen molar-refractivity contribution in [3.63, 3.8) is 0 Å². The SMILES string of the molecule is Cc1ccc(S(=O)(=O)N(CC(=O)Nc2ccc(F)c(F)c2)c2ccc(C)c(C)c2)cc1. The minimum absolute atomic E-state index is 0.0247. The summed E-state index contributed by atoms with van der Waals surface area (Å²) in [4.78, 5) is 12.7. The largest absolute Gasteiger partial charge is 0.324 e. The lowest BCUT2D eigenvalue weighted by atomic mass is 10.1. The standard InChI is InChI=1S/C23H22F2N2O3S/c1-15-4-9-20(10-5-15)31(29,30)27(19-8-6-16(2)17(3)12-19)14-23(28)26-18-7-11-21(24)22(25)13-18/h4-13H,14H2,1-3H3,(H,26,28).